The van der Waals surface area contributed by atoms with Gasteiger partial charge in [-0.3, -0.25) is 15.1 Å². The smallest absolute Gasteiger partial charge is 0.329 e. The fraction of sp³-hybridized carbons (Fsp3) is 0.150. The third-order valence-corrected chi connectivity index (χ3v) is 5.49. The van der Waals surface area contributed by atoms with Crippen LogP contribution in [-0.2, 0) is 11.5 Å². The van der Waals surface area contributed by atoms with Crippen LogP contribution in [0.3, 0.4) is 0 Å². The standard InChI is InChI=1S/C20H14FN3O5S/c21-9-11-1-6-18(17(7-11)24(27)28)29-13-3-5-14-12(8-13)2-4-15(22-14)19-23-16(10-30-19)20(25)26/h1-8,16H,9-10H2,(H,25,26)/t16-/m1/s1. The van der Waals surface area contributed by atoms with Gasteiger partial charge in [-0.1, -0.05) is 12.1 Å². The highest BCUT2D eigenvalue weighted by atomic mass is 32.2. The van der Waals surface area contributed by atoms with Gasteiger partial charge in [0, 0.05) is 17.2 Å². The second-order valence-electron chi connectivity index (χ2n) is 6.45. The molecule has 3 aromatic rings. The number of alkyl halides is 1. The molecule has 8 nitrogen and oxygen atoms in total. The van der Waals surface area contributed by atoms with E-state index in [-0.39, 0.29) is 17.0 Å². The summed E-state index contributed by atoms with van der Waals surface area (Å²) in [6.07, 6.45) is 0. The Labute approximate surface area is 173 Å². The van der Waals surface area contributed by atoms with Crippen molar-refractivity contribution in [2.45, 2.75) is 12.7 Å². The van der Waals surface area contributed by atoms with Crippen LogP contribution >= 0.6 is 11.8 Å². The van der Waals surface area contributed by atoms with Crippen LogP contribution in [-0.4, -0.2) is 37.8 Å². The molecule has 30 heavy (non-hydrogen) atoms. The minimum Gasteiger partial charge on any atom is -0.480 e. The number of hydrogen-bond donors (Lipinski definition) is 1. The van der Waals surface area contributed by atoms with E-state index in [1.165, 1.54) is 23.9 Å². The van der Waals surface area contributed by atoms with Crippen molar-refractivity contribution in [1.82, 2.24) is 4.98 Å². The monoisotopic (exact) mass is 427 g/mol. The average molecular weight is 427 g/mol. The van der Waals surface area contributed by atoms with E-state index >= 15 is 0 Å². The van der Waals surface area contributed by atoms with Gasteiger partial charge in [0.15, 0.2) is 6.04 Å². The number of benzene rings is 2. The number of nitro groups is 1. The first-order valence-corrected chi connectivity index (χ1v) is 9.79. The number of thioether (sulfide) groups is 1. The normalized spacial score (nSPS) is 15.8. The van der Waals surface area contributed by atoms with E-state index < -0.39 is 23.6 Å². The van der Waals surface area contributed by atoms with E-state index in [9.17, 15) is 19.3 Å². The molecule has 1 aromatic heterocycles. The van der Waals surface area contributed by atoms with E-state index in [1.807, 2.05) is 0 Å². The highest BCUT2D eigenvalue weighted by Crippen LogP contribution is 2.34. The fourth-order valence-electron chi connectivity index (χ4n) is 2.93. The number of aliphatic imine (C=N–C) groups is 1. The summed E-state index contributed by atoms with van der Waals surface area (Å²) in [6, 6.07) is 11.7. The van der Waals surface area contributed by atoms with Gasteiger partial charge in [0.1, 0.15) is 17.5 Å². The zero-order valence-corrected chi connectivity index (χ0v) is 16.1. The maximum atomic E-state index is 12.8. The van der Waals surface area contributed by atoms with Crippen molar-refractivity contribution in [3.05, 3.63) is 69.9 Å². The molecule has 0 radical (unpaired) electrons. The molecule has 1 aliphatic rings. The van der Waals surface area contributed by atoms with E-state index in [4.69, 9.17) is 9.84 Å². The summed E-state index contributed by atoms with van der Waals surface area (Å²) < 4.78 is 18.5. The first kappa shape index (κ1) is 19.8. The number of halogens is 1. The zero-order valence-electron chi connectivity index (χ0n) is 15.3. The van der Waals surface area contributed by atoms with Crippen LogP contribution in [0.1, 0.15) is 11.3 Å². The highest BCUT2D eigenvalue weighted by molar-refractivity contribution is 8.14. The molecule has 1 aliphatic heterocycles. The second kappa shape index (κ2) is 8.07. The van der Waals surface area contributed by atoms with Gasteiger partial charge < -0.3 is 9.84 Å². The van der Waals surface area contributed by atoms with Crippen molar-refractivity contribution in [2.24, 2.45) is 4.99 Å². The van der Waals surface area contributed by atoms with Crippen LogP contribution in [0.4, 0.5) is 10.1 Å². The minimum absolute atomic E-state index is 0.0116. The largest absolute Gasteiger partial charge is 0.480 e. The third kappa shape index (κ3) is 3.94. The van der Waals surface area contributed by atoms with E-state index in [0.29, 0.717) is 27.8 Å². The number of nitrogens with zero attached hydrogens (tertiary/aromatic N) is 3. The van der Waals surface area contributed by atoms with Gasteiger partial charge in [0.2, 0.25) is 5.75 Å². The molecule has 152 valence electrons. The number of fused-ring (bicyclic) bond motifs is 1. The lowest BCUT2D eigenvalue weighted by Crippen LogP contribution is -2.17. The predicted octanol–water partition coefficient (Wildman–Crippen LogP) is 4.35. The zero-order chi connectivity index (χ0) is 21.3. The number of nitro benzene ring substituents is 1. The Bertz CT molecular complexity index is 1200. The Balaban J connectivity index is 1.62. The van der Waals surface area contributed by atoms with Crippen LogP contribution in [0.25, 0.3) is 10.9 Å². The predicted molar refractivity (Wildman–Crippen MR) is 110 cm³/mol. The van der Waals surface area contributed by atoms with Gasteiger partial charge in [-0.25, -0.2) is 14.2 Å². The molecule has 1 atom stereocenters. The highest BCUT2D eigenvalue weighted by Gasteiger charge is 2.26. The molecule has 0 spiro atoms. The van der Waals surface area contributed by atoms with Crippen LogP contribution in [0, 0.1) is 10.1 Å². The number of carbonyl (C=O) groups is 1. The van der Waals surface area contributed by atoms with Crippen molar-refractivity contribution in [2.75, 3.05) is 5.75 Å². The molecule has 0 fully saturated rings. The average Bonchev–Trinajstić information content (AvgIpc) is 3.24. The van der Waals surface area contributed by atoms with Crippen LogP contribution in [0.5, 0.6) is 11.5 Å². The summed E-state index contributed by atoms with van der Waals surface area (Å²) in [7, 11) is 0. The number of aromatic nitrogens is 1. The summed E-state index contributed by atoms with van der Waals surface area (Å²) in [5.74, 6) is -0.213. The van der Waals surface area contributed by atoms with Crippen molar-refractivity contribution >= 4 is 39.4 Å². The van der Waals surface area contributed by atoms with Gasteiger partial charge in [-0.2, -0.15) is 0 Å². The minimum atomic E-state index is -0.964. The van der Waals surface area contributed by atoms with Gasteiger partial charge in [0.05, 0.1) is 16.1 Å². The summed E-state index contributed by atoms with van der Waals surface area (Å²) in [5, 5.41) is 21.6. The van der Waals surface area contributed by atoms with E-state index in [0.717, 1.165) is 11.5 Å². The molecule has 0 unspecified atom stereocenters. The van der Waals surface area contributed by atoms with Crippen molar-refractivity contribution in [1.29, 1.82) is 0 Å². The molecule has 0 saturated heterocycles. The number of pyridine rings is 1. The van der Waals surface area contributed by atoms with Crippen molar-refractivity contribution in [3.63, 3.8) is 0 Å². The molecule has 4 rings (SSSR count). The number of carboxylic acid groups (broad SMARTS) is 1. The lowest BCUT2D eigenvalue weighted by atomic mass is 10.2. The van der Waals surface area contributed by atoms with Gasteiger partial charge in [-0.15, -0.1) is 11.8 Å². The van der Waals surface area contributed by atoms with Crippen LogP contribution in [0.15, 0.2) is 53.5 Å². The Hall–Kier alpha value is -3.53. The lowest BCUT2D eigenvalue weighted by molar-refractivity contribution is -0.385. The number of ether oxygens (including phenoxy) is 1. The SMILES string of the molecule is O=C(O)[C@H]1CSC(c2ccc3cc(Oc4ccc(CF)cc4[N+](=O)[O-])ccc3n2)=N1. The van der Waals surface area contributed by atoms with Crippen LogP contribution in [0.2, 0.25) is 0 Å². The molecule has 1 N–H and O–H groups in total. The van der Waals surface area contributed by atoms with Gasteiger partial charge >= 0.3 is 11.7 Å². The number of hydrogen-bond acceptors (Lipinski definition) is 7. The van der Waals surface area contributed by atoms with E-state index in [1.54, 1.807) is 30.3 Å². The lowest BCUT2D eigenvalue weighted by Gasteiger charge is -2.09. The second-order valence-corrected chi connectivity index (χ2v) is 7.45. The first-order valence-electron chi connectivity index (χ1n) is 8.80. The molecule has 10 heteroatoms. The Morgan fingerprint density at radius 1 is 1.27 bits per heavy atom. The van der Waals surface area contributed by atoms with E-state index in [2.05, 4.69) is 9.98 Å². The number of aliphatic carboxylic acids is 1. The first-order chi connectivity index (χ1) is 14.4. The Morgan fingerprint density at radius 3 is 2.80 bits per heavy atom. The summed E-state index contributed by atoms with van der Waals surface area (Å²) in [5.41, 5.74) is 1.11. The molecule has 0 amide bonds. The third-order valence-electron chi connectivity index (χ3n) is 4.42. The summed E-state index contributed by atoms with van der Waals surface area (Å²) in [6.45, 7) is -0.804. The van der Waals surface area contributed by atoms with Gasteiger partial charge in [0.25, 0.3) is 0 Å². The molecular weight excluding hydrogens is 413 g/mol. The van der Waals surface area contributed by atoms with Crippen molar-refractivity contribution in [3.8, 4) is 11.5 Å². The quantitative estimate of drug-likeness (QED) is 0.459. The maximum absolute atomic E-state index is 12.8. The molecule has 0 saturated carbocycles. The molecular formula is C20H14FN3O5S. The van der Waals surface area contributed by atoms with Crippen molar-refractivity contribution < 1.29 is 24.0 Å². The molecule has 0 aliphatic carbocycles. The number of carboxylic acids is 1. The van der Waals surface area contributed by atoms with Crippen LogP contribution < -0.4 is 4.74 Å². The topological polar surface area (TPSA) is 115 Å². The Morgan fingerprint density at radius 2 is 2.10 bits per heavy atom. The number of rotatable bonds is 6. The summed E-state index contributed by atoms with van der Waals surface area (Å²) >= 11 is 1.34. The molecule has 2 aromatic carbocycles. The maximum Gasteiger partial charge on any atom is 0.329 e. The van der Waals surface area contributed by atoms with Gasteiger partial charge in [-0.05, 0) is 35.9 Å². The summed E-state index contributed by atoms with van der Waals surface area (Å²) in [4.78, 5) is 30.4. The fourth-order valence-corrected chi connectivity index (χ4v) is 3.93. The molecule has 2 heterocycles. The molecule has 0 bridgehead atoms. The Kier molecular flexibility index (Phi) is 5.32.